The van der Waals surface area contributed by atoms with Gasteiger partial charge in [0.1, 0.15) is 17.5 Å². The molecule has 1 aliphatic heterocycles. The molecule has 3 rings (SSSR count). The van der Waals surface area contributed by atoms with Gasteiger partial charge in [-0.2, -0.15) is 5.10 Å². The van der Waals surface area contributed by atoms with Crippen LogP contribution < -0.4 is 10.3 Å². The lowest BCUT2D eigenvalue weighted by Crippen LogP contribution is -2.36. The first-order chi connectivity index (χ1) is 11.2. The van der Waals surface area contributed by atoms with E-state index in [1.165, 1.54) is 12.1 Å². The fourth-order valence-electron chi connectivity index (χ4n) is 2.29. The summed E-state index contributed by atoms with van der Waals surface area (Å²) in [6.45, 7) is 4.88. The van der Waals surface area contributed by atoms with Crippen molar-refractivity contribution in [3.8, 4) is 0 Å². The van der Waals surface area contributed by atoms with Gasteiger partial charge in [-0.15, -0.1) is 0 Å². The van der Waals surface area contributed by atoms with E-state index < -0.39 is 0 Å². The van der Waals surface area contributed by atoms with E-state index in [1.54, 1.807) is 18.3 Å². The lowest BCUT2D eigenvalue weighted by molar-refractivity contribution is 0.122. The Balaban J connectivity index is 1.69. The summed E-state index contributed by atoms with van der Waals surface area (Å²) in [4.78, 5) is 10.9. The second kappa shape index (κ2) is 7.15. The number of hydrogen-bond acceptors (Lipinski definition) is 6. The fraction of sp³-hybridized carbons (Fsp3) is 0.312. The minimum atomic E-state index is -0.267. The van der Waals surface area contributed by atoms with Crippen molar-refractivity contribution in [3.05, 3.63) is 47.5 Å². The summed E-state index contributed by atoms with van der Waals surface area (Å²) in [6.07, 6.45) is 1.62. The van der Waals surface area contributed by atoms with Crippen molar-refractivity contribution in [2.24, 2.45) is 5.10 Å². The van der Waals surface area contributed by atoms with Gasteiger partial charge in [-0.1, -0.05) is 12.1 Å². The van der Waals surface area contributed by atoms with Crippen LogP contribution in [0.15, 0.2) is 35.4 Å². The van der Waals surface area contributed by atoms with Gasteiger partial charge in [0.15, 0.2) is 5.82 Å². The Morgan fingerprint density at radius 1 is 1.22 bits per heavy atom. The second-order valence-corrected chi connectivity index (χ2v) is 5.18. The lowest BCUT2D eigenvalue weighted by Gasteiger charge is -2.28. The number of rotatable bonds is 4. The minimum absolute atomic E-state index is 0.267. The van der Waals surface area contributed by atoms with Crippen LogP contribution in [-0.4, -0.2) is 42.5 Å². The van der Waals surface area contributed by atoms with Crippen molar-refractivity contribution >= 4 is 17.9 Å². The van der Waals surface area contributed by atoms with Crippen molar-refractivity contribution in [3.63, 3.8) is 0 Å². The highest BCUT2D eigenvalue weighted by Gasteiger charge is 2.13. The quantitative estimate of drug-likeness (QED) is 0.692. The zero-order valence-electron chi connectivity index (χ0n) is 12.9. The van der Waals surface area contributed by atoms with Crippen LogP contribution >= 0.6 is 0 Å². The Morgan fingerprint density at radius 2 is 1.96 bits per heavy atom. The summed E-state index contributed by atoms with van der Waals surface area (Å²) in [7, 11) is 0. The van der Waals surface area contributed by atoms with Gasteiger partial charge in [-0.05, 0) is 24.6 Å². The largest absolute Gasteiger partial charge is 0.378 e. The SMILES string of the molecule is Cc1nc(N/N=C/c2ccc(F)cc2)cc(N2CCOCC2)n1. The van der Waals surface area contributed by atoms with Crippen LogP contribution in [0.25, 0.3) is 0 Å². The molecule has 1 aromatic heterocycles. The number of aromatic nitrogens is 2. The smallest absolute Gasteiger partial charge is 0.152 e. The summed E-state index contributed by atoms with van der Waals surface area (Å²) in [6, 6.07) is 7.97. The number of hydrazone groups is 1. The van der Waals surface area contributed by atoms with Crippen molar-refractivity contribution in [1.29, 1.82) is 0 Å². The van der Waals surface area contributed by atoms with Gasteiger partial charge in [-0.3, -0.25) is 5.43 Å². The molecule has 0 spiro atoms. The topological polar surface area (TPSA) is 62.6 Å². The monoisotopic (exact) mass is 315 g/mol. The van der Waals surface area contributed by atoms with Crippen molar-refractivity contribution in [2.75, 3.05) is 36.6 Å². The normalized spacial score (nSPS) is 15.1. The molecule has 7 heteroatoms. The van der Waals surface area contributed by atoms with Gasteiger partial charge < -0.3 is 9.64 Å². The summed E-state index contributed by atoms with van der Waals surface area (Å²) >= 11 is 0. The average molecular weight is 315 g/mol. The molecule has 0 saturated carbocycles. The van der Waals surface area contributed by atoms with Gasteiger partial charge in [0, 0.05) is 19.2 Å². The molecule has 2 heterocycles. The van der Waals surface area contributed by atoms with Gasteiger partial charge in [0.25, 0.3) is 0 Å². The number of nitrogens with one attached hydrogen (secondary N) is 1. The predicted molar refractivity (Wildman–Crippen MR) is 87.4 cm³/mol. The Bertz CT molecular complexity index is 683. The Kier molecular flexibility index (Phi) is 4.77. The maximum absolute atomic E-state index is 12.8. The highest BCUT2D eigenvalue weighted by atomic mass is 19.1. The zero-order chi connectivity index (χ0) is 16.1. The molecule has 0 bridgehead atoms. The van der Waals surface area contributed by atoms with E-state index in [-0.39, 0.29) is 5.82 Å². The standard InChI is InChI=1S/C16H18FN5O/c1-12-19-15(10-16(20-12)22-6-8-23-9-7-22)21-18-11-13-2-4-14(17)5-3-13/h2-5,10-11H,6-9H2,1H3,(H,19,20,21)/b18-11+. The molecule has 6 nitrogen and oxygen atoms in total. The van der Waals surface area contributed by atoms with E-state index in [9.17, 15) is 4.39 Å². The predicted octanol–water partition coefficient (Wildman–Crippen LogP) is 2.21. The van der Waals surface area contributed by atoms with E-state index in [0.717, 1.165) is 24.5 Å². The second-order valence-electron chi connectivity index (χ2n) is 5.18. The first kappa shape index (κ1) is 15.4. The maximum Gasteiger partial charge on any atom is 0.152 e. The van der Waals surface area contributed by atoms with Gasteiger partial charge >= 0.3 is 0 Å². The molecule has 0 radical (unpaired) electrons. The number of nitrogens with zero attached hydrogens (tertiary/aromatic N) is 4. The molecule has 1 N–H and O–H groups in total. The first-order valence-corrected chi connectivity index (χ1v) is 7.44. The Labute approximate surface area is 134 Å². The third-order valence-corrected chi connectivity index (χ3v) is 3.42. The van der Waals surface area contributed by atoms with E-state index in [0.29, 0.717) is 24.9 Å². The number of ether oxygens (including phenoxy) is 1. The first-order valence-electron chi connectivity index (χ1n) is 7.44. The van der Waals surface area contributed by atoms with Gasteiger partial charge in [0.05, 0.1) is 19.4 Å². The van der Waals surface area contributed by atoms with E-state index >= 15 is 0 Å². The molecular weight excluding hydrogens is 297 g/mol. The number of anilines is 2. The number of hydrogen-bond donors (Lipinski definition) is 1. The van der Waals surface area contributed by atoms with E-state index in [1.807, 2.05) is 13.0 Å². The van der Waals surface area contributed by atoms with Crippen molar-refractivity contribution in [2.45, 2.75) is 6.92 Å². The van der Waals surface area contributed by atoms with E-state index in [2.05, 4.69) is 25.4 Å². The molecule has 0 atom stereocenters. The van der Waals surface area contributed by atoms with Gasteiger partial charge in [0.2, 0.25) is 0 Å². The zero-order valence-corrected chi connectivity index (χ0v) is 12.9. The van der Waals surface area contributed by atoms with Crippen molar-refractivity contribution < 1.29 is 9.13 Å². The van der Waals surface area contributed by atoms with Crippen LogP contribution in [0.4, 0.5) is 16.0 Å². The molecule has 2 aromatic rings. The van der Waals surface area contributed by atoms with Crippen LogP contribution in [0.3, 0.4) is 0 Å². The molecular formula is C16H18FN5O. The molecule has 0 aliphatic carbocycles. The number of aryl methyl sites for hydroxylation is 1. The number of halogens is 1. The summed E-state index contributed by atoms with van der Waals surface area (Å²) in [5, 5.41) is 4.14. The minimum Gasteiger partial charge on any atom is -0.378 e. The third-order valence-electron chi connectivity index (χ3n) is 3.42. The van der Waals surface area contributed by atoms with E-state index in [4.69, 9.17) is 4.74 Å². The Hall–Kier alpha value is -2.54. The molecule has 23 heavy (non-hydrogen) atoms. The van der Waals surface area contributed by atoms with Crippen molar-refractivity contribution in [1.82, 2.24) is 9.97 Å². The molecule has 1 saturated heterocycles. The summed E-state index contributed by atoms with van der Waals surface area (Å²) in [5.41, 5.74) is 3.70. The van der Waals surface area contributed by atoms with Crippen LogP contribution in [0.2, 0.25) is 0 Å². The molecule has 1 fully saturated rings. The summed E-state index contributed by atoms with van der Waals surface area (Å²) in [5.74, 6) is 1.89. The van der Waals surface area contributed by atoms with Crippen LogP contribution in [0.5, 0.6) is 0 Å². The third kappa shape index (κ3) is 4.23. The fourth-order valence-corrected chi connectivity index (χ4v) is 2.29. The van der Waals surface area contributed by atoms with Crippen LogP contribution in [0.1, 0.15) is 11.4 Å². The molecule has 1 aromatic carbocycles. The highest BCUT2D eigenvalue weighted by Crippen LogP contribution is 2.17. The highest BCUT2D eigenvalue weighted by molar-refractivity contribution is 5.80. The Morgan fingerprint density at radius 3 is 2.70 bits per heavy atom. The number of benzene rings is 1. The molecule has 0 amide bonds. The number of morpholine rings is 1. The molecule has 0 unspecified atom stereocenters. The lowest BCUT2D eigenvalue weighted by atomic mass is 10.2. The molecule has 1 aliphatic rings. The van der Waals surface area contributed by atoms with Gasteiger partial charge in [-0.25, -0.2) is 14.4 Å². The van der Waals surface area contributed by atoms with Crippen LogP contribution in [0, 0.1) is 12.7 Å². The summed E-state index contributed by atoms with van der Waals surface area (Å²) < 4.78 is 18.2. The maximum atomic E-state index is 12.8. The van der Waals surface area contributed by atoms with Crippen LogP contribution in [-0.2, 0) is 4.74 Å². The molecule has 120 valence electrons. The average Bonchev–Trinajstić information content (AvgIpc) is 2.57.